The normalized spacial score (nSPS) is 21.5. The number of nitrogens with zero attached hydrogens (tertiary/aromatic N) is 2. The summed E-state index contributed by atoms with van der Waals surface area (Å²) in [6.07, 6.45) is 0.228. The monoisotopic (exact) mass is 497 g/mol. The van der Waals surface area contributed by atoms with E-state index in [1.54, 1.807) is 0 Å². The van der Waals surface area contributed by atoms with Crippen molar-refractivity contribution in [2.45, 2.75) is 70.3 Å². The Labute approximate surface area is 200 Å². The van der Waals surface area contributed by atoms with Gasteiger partial charge in [-0.05, 0) is 49.4 Å². The van der Waals surface area contributed by atoms with Crippen LogP contribution in [0.4, 0.5) is 13.2 Å². The number of carbonyl (C=O) groups excluding carboxylic acids is 1. The molecule has 10 heteroatoms. The third kappa shape index (κ3) is 5.90. The highest BCUT2D eigenvalue weighted by Gasteiger charge is 2.32. The van der Waals surface area contributed by atoms with Crippen molar-refractivity contribution in [1.82, 2.24) is 9.88 Å². The van der Waals surface area contributed by atoms with Crippen LogP contribution in [0.1, 0.15) is 60.8 Å². The van der Waals surface area contributed by atoms with Gasteiger partial charge in [0.2, 0.25) is 0 Å². The molecule has 34 heavy (non-hydrogen) atoms. The highest BCUT2D eigenvalue weighted by Crippen LogP contribution is 2.33. The van der Waals surface area contributed by atoms with Gasteiger partial charge in [-0.2, -0.15) is 18.2 Å². The van der Waals surface area contributed by atoms with Crippen molar-refractivity contribution < 1.29 is 27.4 Å². The number of rotatable bonds is 6. The number of amides is 1. The first-order valence-corrected chi connectivity index (χ1v) is 12.3. The lowest BCUT2D eigenvalue weighted by atomic mass is 9.95. The molecule has 1 N–H and O–H groups in total. The summed E-state index contributed by atoms with van der Waals surface area (Å²) in [6.45, 7) is 8.58. The SMILES string of the molecule is CC(C)(C)c1cn(C[C@H]2CCCO2)c(=NC(=O)c2cc(C(F)(F)F)ccc2OC[C@@H]2CCN2)s1. The second kappa shape index (κ2) is 9.83. The minimum Gasteiger partial charge on any atom is -0.491 e. The molecule has 0 bridgehead atoms. The molecule has 0 aliphatic carbocycles. The van der Waals surface area contributed by atoms with Crippen molar-refractivity contribution in [3.05, 3.63) is 45.2 Å². The van der Waals surface area contributed by atoms with Gasteiger partial charge >= 0.3 is 6.18 Å². The van der Waals surface area contributed by atoms with Crippen LogP contribution >= 0.6 is 11.3 Å². The van der Waals surface area contributed by atoms with E-state index in [-0.39, 0.29) is 35.5 Å². The Morgan fingerprint density at radius 1 is 1.29 bits per heavy atom. The average molecular weight is 498 g/mol. The number of aromatic nitrogens is 1. The van der Waals surface area contributed by atoms with Gasteiger partial charge in [0, 0.05) is 23.7 Å². The number of alkyl halides is 3. The molecule has 2 aliphatic heterocycles. The number of halogens is 3. The molecule has 0 saturated carbocycles. The van der Waals surface area contributed by atoms with Crippen molar-refractivity contribution in [2.24, 2.45) is 4.99 Å². The lowest BCUT2D eigenvalue weighted by Gasteiger charge is -2.27. The van der Waals surface area contributed by atoms with Crippen LogP contribution < -0.4 is 14.9 Å². The van der Waals surface area contributed by atoms with Crippen LogP contribution in [0.2, 0.25) is 0 Å². The zero-order valence-electron chi connectivity index (χ0n) is 19.6. The van der Waals surface area contributed by atoms with Crippen molar-refractivity contribution in [2.75, 3.05) is 19.8 Å². The van der Waals surface area contributed by atoms with Gasteiger partial charge < -0.3 is 19.4 Å². The van der Waals surface area contributed by atoms with E-state index in [0.717, 1.165) is 42.8 Å². The molecular weight excluding hydrogens is 467 g/mol. The number of ether oxygens (including phenoxy) is 2. The molecule has 2 aromatic rings. The maximum Gasteiger partial charge on any atom is 0.416 e. The van der Waals surface area contributed by atoms with E-state index in [1.165, 1.54) is 17.4 Å². The molecule has 2 atom stereocenters. The smallest absolute Gasteiger partial charge is 0.416 e. The number of carbonyl (C=O) groups is 1. The zero-order chi connectivity index (χ0) is 24.5. The Kier molecular flexibility index (Phi) is 7.21. The lowest BCUT2D eigenvalue weighted by Crippen LogP contribution is -2.46. The van der Waals surface area contributed by atoms with Crippen molar-refractivity contribution in [3.63, 3.8) is 0 Å². The molecule has 6 nitrogen and oxygen atoms in total. The molecule has 0 radical (unpaired) electrons. The number of hydrogen-bond acceptors (Lipinski definition) is 5. The van der Waals surface area contributed by atoms with E-state index >= 15 is 0 Å². The van der Waals surface area contributed by atoms with Crippen LogP contribution in [0.5, 0.6) is 5.75 Å². The first-order chi connectivity index (χ1) is 16.0. The minimum absolute atomic E-state index is 0.0268. The summed E-state index contributed by atoms with van der Waals surface area (Å²) in [5, 5.41) is 3.17. The third-order valence-electron chi connectivity index (χ3n) is 5.98. The first kappa shape index (κ1) is 24.9. The fraction of sp³-hybridized carbons (Fsp3) is 0.583. The predicted octanol–water partition coefficient (Wildman–Crippen LogP) is 4.53. The van der Waals surface area contributed by atoms with Gasteiger partial charge in [0.05, 0.1) is 23.8 Å². The van der Waals surface area contributed by atoms with Crippen LogP contribution in [-0.2, 0) is 22.9 Å². The molecule has 186 valence electrons. The molecule has 2 fully saturated rings. The van der Waals surface area contributed by atoms with Gasteiger partial charge in [-0.15, -0.1) is 11.3 Å². The Morgan fingerprint density at radius 3 is 2.65 bits per heavy atom. The van der Waals surface area contributed by atoms with Crippen LogP contribution in [0.3, 0.4) is 0 Å². The Morgan fingerprint density at radius 2 is 2.06 bits per heavy atom. The third-order valence-corrected chi connectivity index (χ3v) is 7.43. The maximum absolute atomic E-state index is 13.4. The van der Waals surface area contributed by atoms with Crippen LogP contribution in [0.15, 0.2) is 29.4 Å². The standard InChI is InChI=1S/C24H30F3N3O3S/c1-23(2,3)20-13-30(12-17-5-4-10-32-17)22(34-20)29-21(31)18-11-15(24(25,26)27)6-7-19(18)33-14-16-8-9-28-16/h6-7,11,13,16-17,28H,4-5,8-10,12,14H2,1-3H3/t16-,17+/m0/s1. The van der Waals surface area contributed by atoms with Crippen molar-refractivity contribution >= 4 is 17.2 Å². The molecule has 2 saturated heterocycles. The molecule has 0 spiro atoms. The minimum atomic E-state index is -4.58. The van der Waals surface area contributed by atoms with E-state index in [0.29, 0.717) is 18.0 Å². The maximum atomic E-state index is 13.4. The number of hydrogen-bond donors (Lipinski definition) is 1. The topological polar surface area (TPSA) is 64.9 Å². The second-order valence-corrected chi connectivity index (χ2v) is 10.8. The summed E-state index contributed by atoms with van der Waals surface area (Å²) >= 11 is 1.37. The summed E-state index contributed by atoms with van der Waals surface area (Å²) in [5.41, 5.74) is -1.27. The quantitative estimate of drug-likeness (QED) is 0.637. The highest BCUT2D eigenvalue weighted by molar-refractivity contribution is 7.09. The first-order valence-electron chi connectivity index (χ1n) is 11.5. The van der Waals surface area contributed by atoms with Gasteiger partial charge in [0.15, 0.2) is 4.80 Å². The van der Waals surface area contributed by atoms with Crippen LogP contribution in [0.25, 0.3) is 0 Å². The Bertz CT molecular complexity index is 1090. The van der Waals surface area contributed by atoms with Gasteiger partial charge in [-0.3, -0.25) is 4.79 Å². The largest absolute Gasteiger partial charge is 0.491 e. The fourth-order valence-corrected chi connectivity index (χ4v) is 4.84. The summed E-state index contributed by atoms with van der Waals surface area (Å²) in [6, 6.07) is 3.10. The summed E-state index contributed by atoms with van der Waals surface area (Å²) in [4.78, 5) is 19.0. The zero-order valence-corrected chi connectivity index (χ0v) is 20.4. The van der Waals surface area contributed by atoms with E-state index in [2.05, 4.69) is 31.1 Å². The fourth-order valence-electron chi connectivity index (χ4n) is 3.78. The summed E-state index contributed by atoms with van der Waals surface area (Å²) in [7, 11) is 0. The number of benzene rings is 1. The predicted molar refractivity (Wildman–Crippen MR) is 123 cm³/mol. The van der Waals surface area contributed by atoms with Crippen molar-refractivity contribution in [1.29, 1.82) is 0 Å². The molecule has 1 aromatic carbocycles. The molecular formula is C24H30F3N3O3S. The molecule has 4 rings (SSSR count). The molecule has 0 unspecified atom stereocenters. The van der Waals surface area contributed by atoms with Gasteiger partial charge in [0.1, 0.15) is 12.4 Å². The Hall–Kier alpha value is -2.17. The van der Waals surface area contributed by atoms with Gasteiger partial charge in [-0.1, -0.05) is 20.8 Å². The second-order valence-electron chi connectivity index (χ2n) is 9.79. The highest BCUT2D eigenvalue weighted by atomic mass is 32.1. The van der Waals surface area contributed by atoms with E-state index in [1.807, 2.05) is 10.8 Å². The summed E-state index contributed by atoms with van der Waals surface area (Å²) in [5.74, 6) is -0.653. The van der Waals surface area contributed by atoms with E-state index in [9.17, 15) is 18.0 Å². The molecule has 3 heterocycles. The van der Waals surface area contributed by atoms with E-state index < -0.39 is 17.6 Å². The number of thiazole rings is 1. The van der Waals surface area contributed by atoms with Crippen LogP contribution in [0, 0.1) is 0 Å². The van der Waals surface area contributed by atoms with Gasteiger partial charge in [-0.25, -0.2) is 0 Å². The van der Waals surface area contributed by atoms with E-state index in [4.69, 9.17) is 9.47 Å². The Balaban J connectivity index is 1.70. The molecule has 1 amide bonds. The van der Waals surface area contributed by atoms with Gasteiger partial charge in [0.25, 0.3) is 5.91 Å². The lowest BCUT2D eigenvalue weighted by molar-refractivity contribution is -0.137. The summed E-state index contributed by atoms with van der Waals surface area (Å²) < 4.78 is 53.5. The number of nitrogens with one attached hydrogen (secondary N) is 1. The van der Waals surface area contributed by atoms with Crippen LogP contribution in [-0.4, -0.2) is 42.4 Å². The van der Waals surface area contributed by atoms with Crippen molar-refractivity contribution in [3.8, 4) is 5.75 Å². The molecule has 1 aromatic heterocycles. The average Bonchev–Trinajstić information content (AvgIpc) is 3.36. The molecule has 2 aliphatic rings.